The van der Waals surface area contributed by atoms with Crippen molar-refractivity contribution in [2.75, 3.05) is 19.9 Å². The van der Waals surface area contributed by atoms with Gasteiger partial charge in [-0.3, -0.25) is 9.59 Å². The monoisotopic (exact) mass is 335 g/mol. The molecule has 1 aromatic rings. The van der Waals surface area contributed by atoms with E-state index in [-0.39, 0.29) is 12.9 Å². The maximum Gasteiger partial charge on any atom is 0.329 e. The fourth-order valence-corrected chi connectivity index (χ4v) is 1.88. The zero-order chi connectivity index (χ0) is 17.4. The van der Waals surface area contributed by atoms with Crippen LogP contribution in [0.5, 0.6) is 11.5 Å². The average Bonchev–Trinajstić information content (AvgIpc) is 3.01. The summed E-state index contributed by atoms with van der Waals surface area (Å²) in [5.41, 5.74) is 2.89. The van der Waals surface area contributed by atoms with E-state index in [4.69, 9.17) is 14.2 Å². The summed E-state index contributed by atoms with van der Waals surface area (Å²) in [5, 5.41) is 6.25. The average molecular weight is 335 g/mol. The van der Waals surface area contributed by atoms with E-state index < -0.39 is 11.8 Å². The number of rotatable bonds is 7. The van der Waals surface area contributed by atoms with Crippen LogP contribution in [0.2, 0.25) is 0 Å². The van der Waals surface area contributed by atoms with E-state index in [2.05, 4.69) is 15.8 Å². The number of fused-ring (bicyclic) bond motifs is 1. The second kappa shape index (κ2) is 8.88. The van der Waals surface area contributed by atoms with Gasteiger partial charge in [0, 0.05) is 13.2 Å². The van der Waals surface area contributed by atoms with E-state index in [9.17, 15) is 9.59 Å². The minimum Gasteiger partial charge on any atom is -0.454 e. The third-order valence-corrected chi connectivity index (χ3v) is 3.04. The summed E-state index contributed by atoms with van der Waals surface area (Å²) in [6.45, 7) is 4.95. The Bertz CT molecular complexity index is 616. The highest BCUT2D eigenvalue weighted by Crippen LogP contribution is 2.31. The highest BCUT2D eigenvalue weighted by Gasteiger charge is 2.13. The second-order valence-electron chi connectivity index (χ2n) is 5.34. The van der Waals surface area contributed by atoms with Crippen LogP contribution in [0.3, 0.4) is 0 Å². The van der Waals surface area contributed by atoms with Crippen molar-refractivity contribution in [3.05, 3.63) is 23.8 Å². The number of hydrogen-bond donors (Lipinski definition) is 2. The molecule has 0 spiro atoms. The highest BCUT2D eigenvalue weighted by molar-refractivity contribution is 6.35. The fourth-order valence-electron chi connectivity index (χ4n) is 1.88. The van der Waals surface area contributed by atoms with Gasteiger partial charge in [-0.25, -0.2) is 5.43 Å². The van der Waals surface area contributed by atoms with Gasteiger partial charge >= 0.3 is 11.8 Å². The molecule has 0 radical (unpaired) electrons. The molecule has 1 aliphatic heterocycles. The smallest absolute Gasteiger partial charge is 0.329 e. The first kappa shape index (κ1) is 17.7. The molecular formula is C16H21N3O5. The van der Waals surface area contributed by atoms with Crippen molar-refractivity contribution in [2.24, 2.45) is 5.10 Å². The number of carbonyl (C=O) groups excluding carboxylic acids is 2. The number of carbonyl (C=O) groups is 2. The second-order valence-corrected chi connectivity index (χ2v) is 5.34. The lowest BCUT2D eigenvalue weighted by atomic mass is 10.2. The molecule has 8 heteroatoms. The summed E-state index contributed by atoms with van der Waals surface area (Å²) in [5.74, 6) is -0.275. The normalized spacial score (nSPS) is 12.6. The lowest BCUT2D eigenvalue weighted by Gasteiger charge is -2.07. The molecule has 0 saturated heterocycles. The summed E-state index contributed by atoms with van der Waals surface area (Å²) in [4.78, 5) is 23.1. The highest BCUT2D eigenvalue weighted by atomic mass is 16.7. The number of hydrogen-bond acceptors (Lipinski definition) is 6. The van der Waals surface area contributed by atoms with Crippen LogP contribution >= 0.6 is 0 Å². The van der Waals surface area contributed by atoms with Gasteiger partial charge in [0.1, 0.15) is 0 Å². The number of ether oxygens (including phenoxy) is 3. The van der Waals surface area contributed by atoms with Crippen molar-refractivity contribution in [3.8, 4) is 11.5 Å². The van der Waals surface area contributed by atoms with Crippen molar-refractivity contribution in [3.63, 3.8) is 0 Å². The minimum atomic E-state index is -0.822. The van der Waals surface area contributed by atoms with E-state index >= 15 is 0 Å². The molecule has 2 rings (SSSR count). The number of benzene rings is 1. The topological polar surface area (TPSA) is 98.2 Å². The van der Waals surface area contributed by atoms with Crippen molar-refractivity contribution in [1.82, 2.24) is 10.7 Å². The Hall–Kier alpha value is -2.61. The summed E-state index contributed by atoms with van der Waals surface area (Å²) in [7, 11) is 0. The van der Waals surface area contributed by atoms with Crippen LogP contribution in [0.25, 0.3) is 0 Å². The zero-order valence-electron chi connectivity index (χ0n) is 13.7. The van der Waals surface area contributed by atoms with Crippen LogP contribution in [-0.2, 0) is 14.3 Å². The molecule has 1 aliphatic rings. The van der Waals surface area contributed by atoms with Gasteiger partial charge in [-0.2, -0.15) is 5.10 Å². The number of nitrogens with zero attached hydrogens (tertiary/aromatic N) is 1. The van der Waals surface area contributed by atoms with Gasteiger partial charge in [-0.1, -0.05) is 0 Å². The Morgan fingerprint density at radius 3 is 2.88 bits per heavy atom. The molecule has 0 fully saturated rings. The van der Waals surface area contributed by atoms with Gasteiger partial charge in [-0.05, 0) is 44.0 Å². The molecular weight excluding hydrogens is 314 g/mol. The summed E-state index contributed by atoms with van der Waals surface area (Å²) in [6.07, 6.45) is 2.20. The van der Waals surface area contributed by atoms with Gasteiger partial charge in [-0.15, -0.1) is 0 Å². The Morgan fingerprint density at radius 1 is 1.29 bits per heavy atom. The molecule has 0 atom stereocenters. The van der Waals surface area contributed by atoms with Gasteiger partial charge < -0.3 is 19.5 Å². The third-order valence-electron chi connectivity index (χ3n) is 3.04. The first-order valence-corrected chi connectivity index (χ1v) is 7.68. The van der Waals surface area contributed by atoms with Gasteiger partial charge in [0.2, 0.25) is 6.79 Å². The molecule has 130 valence electrons. The van der Waals surface area contributed by atoms with Crippen LogP contribution in [0.15, 0.2) is 23.3 Å². The fraction of sp³-hybridized carbons (Fsp3) is 0.438. The number of hydrazone groups is 1. The van der Waals surface area contributed by atoms with E-state index in [0.717, 1.165) is 0 Å². The molecule has 0 saturated carbocycles. The van der Waals surface area contributed by atoms with Crippen molar-refractivity contribution in [2.45, 2.75) is 26.4 Å². The Kier molecular flexibility index (Phi) is 6.56. The number of nitrogens with one attached hydrogen (secondary N) is 2. The summed E-state index contributed by atoms with van der Waals surface area (Å²) >= 11 is 0. The van der Waals surface area contributed by atoms with Gasteiger partial charge in [0.15, 0.2) is 11.5 Å². The lowest BCUT2D eigenvalue weighted by molar-refractivity contribution is -0.139. The lowest BCUT2D eigenvalue weighted by Crippen LogP contribution is -2.38. The Labute approximate surface area is 140 Å². The molecule has 1 aromatic carbocycles. The van der Waals surface area contributed by atoms with Crippen molar-refractivity contribution in [1.29, 1.82) is 0 Å². The predicted molar refractivity (Wildman–Crippen MR) is 87.0 cm³/mol. The molecule has 1 heterocycles. The van der Waals surface area contributed by atoms with Gasteiger partial charge in [0.05, 0.1) is 12.3 Å². The zero-order valence-corrected chi connectivity index (χ0v) is 13.7. The SMILES string of the molecule is CC(C)OCCCNC(=O)C(=O)N/N=C/c1ccc2c(c1)OCO2. The molecule has 0 bridgehead atoms. The minimum absolute atomic E-state index is 0.148. The maximum atomic E-state index is 11.6. The molecule has 0 unspecified atom stereocenters. The van der Waals surface area contributed by atoms with E-state index in [1.165, 1.54) is 6.21 Å². The van der Waals surface area contributed by atoms with Crippen LogP contribution in [0, 0.1) is 0 Å². The van der Waals surface area contributed by atoms with Gasteiger partial charge in [0.25, 0.3) is 0 Å². The molecule has 8 nitrogen and oxygen atoms in total. The first-order chi connectivity index (χ1) is 11.6. The van der Waals surface area contributed by atoms with Crippen LogP contribution in [0.4, 0.5) is 0 Å². The Balaban J connectivity index is 1.69. The molecule has 0 aromatic heterocycles. The van der Waals surface area contributed by atoms with Crippen molar-refractivity contribution < 1.29 is 23.8 Å². The first-order valence-electron chi connectivity index (χ1n) is 7.68. The largest absolute Gasteiger partial charge is 0.454 e. The standard InChI is InChI=1S/C16H21N3O5/c1-11(2)22-7-3-6-17-15(20)16(21)19-18-9-12-4-5-13-14(8-12)24-10-23-13/h4-5,8-9,11H,3,6-7,10H2,1-2H3,(H,17,20)(H,19,21)/b18-9+. The summed E-state index contributed by atoms with van der Waals surface area (Å²) < 4.78 is 15.8. The maximum absolute atomic E-state index is 11.6. The quantitative estimate of drug-likeness (QED) is 0.332. The van der Waals surface area contributed by atoms with E-state index in [1.807, 2.05) is 13.8 Å². The summed E-state index contributed by atoms with van der Waals surface area (Å²) in [6, 6.07) is 5.24. The van der Waals surface area contributed by atoms with E-state index in [1.54, 1.807) is 18.2 Å². The molecule has 24 heavy (non-hydrogen) atoms. The molecule has 0 aliphatic carbocycles. The Morgan fingerprint density at radius 2 is 2.08 bits per heavy atom. The van der Waals surface area contributed by atoms with Crippen LogP contribution in [-0.4, -0.2) is 44.1 Å². The molecule has 2 amide bonds. The number of amides is 2. The molecule has 2 N–H and O–H groups in total. The van der Waals surface area contributed by atoms with Crippen LogP contribution in [0.1, 0.15) is 25.8 Å². The van der Waals surface area contributed by atoms with Crippen molar-refractivity contribution >= 4 is 18.0 Å². The van der Waals surface area contributed by atoms with Crippen LogP contribution < -0.4 is 20.2 Å². The predicted octanol–water partition coefficient (Wildman–Crippen LogP) is 0.797. The van der Waals surface area contributed by atoms with E-state index in [0.29, 0.717) is 36.6 Å². The third kappa shape index (κ3) is 5.54.